The number of aliphatic carboxylic acids is 1. The SMILES string of the molecule is NC(C(=O)O)c1csc(C2COc3ccccc3C2)n1. The molecule has 2 atom stereocenters. The Balaban J connectivity index is 1.80. The van der Waals surface area contributed by atoms with Crippen molar-refractivity contribution in [2.75, 3.05) is 6.61 Å². The summed E-state index contributed by atoms with van der Waals surface area (Å²) in [5.74, 6) is 0.0134. The number of carboxylic acids is 1. The standard InChI is InChI=1S/C14H14N2O3S/c15-12(14(17)18)10-7-20-13(16-10)9-5-8-3-1-2-4-11(8)19-6-9/h1-4,7,9,12H,5-6,15H2,(H,17,18). The van der Waals surface area contributed by atoms with Crippen LogP contribution in [-0.4, -0.2) is 22.7 Å². The highest BCUT2D eigenvalue weighted by Crippen LogP contribution is 2.33. The van der Waals surface area contributed by atoms with Crippen LogP contribution in [-0.2, 0) is 11.2 Å². The van der Waals surface area contributed by atoms with Crippen LogP contribution >= 0.6 is 11.3 Å². The number of carboxylic acid groups (broad SMARTS) is 1. The average Bonchev–Trinajstić information content (AvgIpc) is 2.95. The normalized spacial score (nSPS) is 18.9. The van der Waals surface area contributed by atoms with E-state index >= 15 is 0 Å². The Hall–Kier alpha value is -1.92. The van der Waals surface area contributed by atoms with Crippen LogP contribution in [0.4, 0.5) is 0 Å². The molecule has 2 heterocycles. The first-order valence-corrected chi connectivity index (χ1v) is 7.17. The zero-order valence-corrected chi connectivity index (χ0v) is 11.5. The number of rotatable bonds is 3. The minimum Gasteiger partial charge on any atom is -0.493 e. The van der Waals surface area contributed by atoms with Crippen LogP contribution in [0.3, 0.4) is 0 Å². The molecule has 3 rings (SSSR count). The number of thiazole rings is 1. The van der Waals surface area contributed by atoms with Crippen molar-refractivity contribution in [3.8, 4) is 5.75 Å². The highest BCUT2D eigenvalue weighted by Gasteiger charge is 2.25. The average molecular weight is 290 g/mol. The van der Waals surface area contributed by atoms with E-state index in [1.807, 2.05) is 24.3 Å². The van der Waals surface area contributed by atoms with Crippen LogP contribution in [0.2, 0.25) is 0 Å². The molecule has 104 valence electrons. The van der Waals surface area contributed by atoms with Gasteiger partial charge < -0.3 is 15.6 Å². The maximum Gasteiger partial charge on any atom is 0.326 e. The third-order valence-electron chi connectivity index (χ3n) is 3.35. The molecule has 0 bridgehead atoms. The fourth-order valence-electron chi connectivity index (χ4n) is 2.24. The summed E-state index contributed by atoms with van der Waals surface area (Å²) in [5, 5.41) is 11.5. The second-order valence-corrected chi connectivity index (χ2v) is 5.64. The summed E-state index contributed by atoms with van der Waals surface area (Å²) in [4.78, 5) is 15.2. The highest BCUT2D eigenvalue weighted by molar-refractivity contribution is 7.09. The number of para-hydroxylation sites is 1. The first-order valence-electron chi connectivity index (χ1n) is 6.29. The van der Waals surface area contributed by atoms with E-state index < -0.39 is 12.0 Å². The lowest BCUT2D eigenvalue weighted by molar-refractivity contribution is -0.138. The van der Waals surface area contributed by atoms with E-state index in [-0.39, 0.29) is 5.92 Å². The minimum absolute atomic E-state index is 0.157. The molecule has 0 saturated heterocycles. The van der Waals surface area contributed by atoms with Gasteiger partial charge >= 0.3 is 5.97 Å². The van der Waals surface area contributed by atoms with Gasteiger partial charge in [-0.1, -0.05) is 18.2 Å². The summed E-state index contributed by atoms with van der Waals surface area (Å²) in [6, 6.07) is 6.87. The summed E-state index contributed by atoms with van der Waals surface area (Å²) in [5.41, 5.74) is 7.14. The number of fused-ring (bicyclic) bond motifs is 1. The largest absolute Gasteiger partial charge is 0.493 e. The van der Waals surface area contributed by atoms with Gasteiger partial charge in [-0.3, -0.25) is 4.79 Å². The van der Waals surface area contributed by atoms with Crippen molar-refractivity contribution in [1.29, 1.82) is 0 Å². The quantitative estimate of drug-likeness (QED) is 0.902. The van der Waals surface area contributed by atoms with Crippen LogP contribution in [0, 0.1) is 0 Å². The van der Waals surface area contributed by atoms with Crippen LogP contribution in [0.5, 0.6) is 5.75 Å². The Kier molecular flexibility index (Phi) is 3.42. The number of hydrogen-bond acceptors (Lipinski definition) is 5. The molecule has 0 fully saturated rings. The van der Waals surface area contributed by atoms with E-state index in [1.54, 1.807) is 5.38 Å². The summed E-state index contributed by atoms with van der Waals surface area (Å²) >= 11 is 1.44. The molecular weight excluding hydrogens is 276 g/mol. The Morgan fingerprint density at radius 3 is 3.10 bits per heavy atom. The topological polar surface area (TPSA) is 85.4 Å². The van der Waals surface area contributed by atoms with Gasteiger partial charge in [0.15, 0.2) is 0 Å². The molecule has 20 heavy (non-hydrogen) atoms. The van der Waals surface area contributed by atoms with Crippen LogP contribution in [0.15, 0.2) is 29.6 Å². The van der Waals surface area contributed by atoms with Crippen molar-refractivity contribution in [3.05, 3.63) is 45.9 Å². The van der Waals surface area contributed by atoms with Gasteiger partial charge in [0.05, 0.1) is 17.3 Å². The van der Waals surface area contributed by atoms with Gasteiger partial charge in [-0.05, 0) is 18.1 Å². The third kappa shape index (κ3) is 2.39. The summed E-state index contributed by atoms with van der Waals surface area (Å²) in [7, 11) is 0. The van der Waals surface area contributed by atoms with E-state index in [2.05, 4.69) is 4.98 Å². The molecule has 1 aliphatic rings. The van der Waals surface area contributed by atoms with E-state index in [1.165, 1.54) is 11.3 Å². The molecule has 1 aliphatic heterocycles. The molecule has 6 heteroatoms. The molecule has 0 radical (unpaired) electrons. The van der Waals surface area contributed by atoms with E-state index in [9.17, 15) is 4.79 Å². The number of nitrogens with zero attached hydrogens (tertiary/aromatic N) is 1. The van der Waals surface area contributed by atoms with Crippen molar-refractivity contribution in [3.63, 3.8) is 0 Å². The molecule has 2 aromatic rings. The van der Waals surface area contributed by atoms with Crippen LogP contribution in [0.25, 0.3) is 0 Å². The van der Waals surface area contributed by atoms with Crippen molar-refractivity contribution in [2.24, 2.45) is 5.73 Å². The lowest BCUT2D eigenvalue weighted by Gasteiger charge is -2.23. The number of aromatic nitrogens is 1. The smallest absolute Gasteiger partial charge is 0.326 e. The van der Waals surface area contributed by atoms with Crippen LogP contribution in [0.1, 0.15) is 28.2 Å². The first kappa shape index (κ1) is 13.1. The zero-order valence-electron chi connectivity index (χ0n) is 10.7. The molecule has 5 nitrogen and oxygen atoms in total. The maximum absolute atomic E-state index is 10.9. The predicted molar refractivity (Wildman–Crippen MR) is 75.1 cm³/mol. The second-order valence-electron chi connectivity index (χ2n) is 4.75. The van der Waals surface area contributed by atoms with Gasteiger partial charge in [-0.25, -0.2) is 4.98 Å². The molecule has 0 spiro atoms. The molecular formula is C14H14N2O3S. The second kappa shape index (κ2) is 5.22. The van der Waals surface area contributed by atoms with Crippen molar-refractivity contribution in [1.82, 2.24) is 4.98 Å². The summed E-state index contributed by atoms with van der Waals surface area (Å²) in [6.45, 7) is 0.562. The van der Waals surface area contributed by atoms with Crippen molar-refractivity contribution < 1.29 is 14.6 Å². The Morgan fingerprint density at radius 1 is 1.50 bits per heavy atom. The van der Waals surface area contributed by atoms with Gasteiger partial charge in [0, 0.05) is 11.3 Å². The fraction of sp³-hybridized carbons (Fsp3) is 0.286. The molecule has 1 aromatic heterocycles. The molecule has 0 amide bonds. The number of hydrogen-bond donors (Lipinski definition) is 2. The van der Waals surface area contributed by atoms with Crippen molar-refractivity contribution >= 4 is 17.3 Å². The fourth-order valence-corrected chi connectivity index (χ4v) is 3.19. The number of benzene rings is 1. The van der Waals surface area contributed by atoms with E-state index in [4.69, 9.17) is 15.6 Å². The van der Waals surface area contributed by atoms with Crippen LogP contribution < -0.4 is 10.5 Å². The summed E-state index contributed by atoms with van der Waals surface area (Å²) in [6.07, 6.45) is 0.853. The van der Waals surface area contributed by atoms with E-state index in [0.29, 0.717) is 12.3 Å². The monoisotopic (exact) mass is 290 g/mol. The molecule has 1 aromatic carbocycles. The predicted octanol–water partition coefficient (Wildman–Crippen LogP) is 1.95. The molecule has 3 N–H and O–H groups in total. The molecule has 0 saturated carbocycles. The van der Waals surface area contributed by atoms with Crippen molar-refractivity contribution in [2.45, 2.75) is 18.4 Å². The number of nitrogens with two attached hydrogens (primary N) is 1. The zero-order chi connectivity index (χ0) is 14.1. The molecule has 0 aliphatic carbocycles. The third-order valence-corrected chi connectivity index (χ3v) is 4.38. The lowest BCUT2D eigenvalue weighted by atomic mass is 9.97. The Bertz CT molecular complexity index is 641. The van der Waals surface area contributed by atoms with Gasteiger partial charge in [-0.2, -0.15) is 0 Å². The number of carbonyl (C=O) groups is 1. The van der Waals surface area contributed by atoms with Gasteiger partial charge in [-0.15, -0.1) is 11.3 Å². The maximum atomic E-state index is 10.9. The van der Waals surface area contributed by atoms with Gasteiger partial charge in [0.25, 0.3) is 0 Å². The van der Waals surface area contributed by atoms with Gasteiger partial charge in [0.2, 0.25) is 0 Å². The molecule has 2 unspecified atom stereocenters. The lowest BCUT2D eigenvalue weighted by Crippen LogP contribution is -2.22. The summed E-state index contributed by atoms with van der Waals surface area (Å²) < 4.78 is 5.73. The van der Waals surface area contributed by atoms with E-state index in [0.717, 1.165) is 22.7 Å². The Labute approximate surface area is 120 Å². The van der Waals surface area contributed by atoms with Gasteiger partial charge in [0.1, 0.15) is 11.8 Å². The highest BCUT2D eigenvalue weighted by atomic mass is 32.1. The Morgan fingerprint density at radius 2 is 2.30 bits per heavy atom. The number of ether oxygens (including phenoxy) is 1. The minimum atomic E-state index is -1.06. The first-order chi connectivity index (χ1) is 9.65.